The zero-order chi connectivity index (χ0) is 14.7. The first kappa shape index (κ1) is 13.2. The van der Waals surface area contributed by atoms with Gasteiger partial charge in [0.25, 0.3) is 5.91 Å². The number of nitrogens with zero attached hydrogens (tertiary/aromatic N) is 2. The van der Waals surface area contributed by atoms with E-state index in [1.54, 1.807) is 0 Å². The molecule has 0 radical (unpaired) electrons. The van der Waals surface area contributed by atoms with Crippen LogP contribution in [0.1, 0.15) is 18.5 Å². The number of benzene rings is 1. The van der Waals surface area contributed by atoms with Crippen molar-refractivity contribution in [3.8, 4) is 0 Å². The van der Waals surface area contributed by atoms with E-state index in [9.17, 15) is 9.59 Å². The molecule has 3 rings (SSSR count). The van der Waals surface area contributed by atoms with E-state index in [4.69, 9.17) is 0 Å². The Balaban J connectivity index is 1.66. The number of carbonyl (C=O) groups is 2. The molecule has 21 heavy (non-hydrogen) atoms. The van der Waals surface area contributed by atoms with Crippen molar-refractivity contribution in [2.45, 2.75) is 19.4 Å². The van der Waals surface area contributed by atoms with Gasteiger partial charge in [-0.05, 0) is 12.1 Å². The Bertz CT molecular complexity index is 739. The number of rotatable bonds is 3. The van der Waals surface area contributed by atoms with Gasteiger partial charge >= 0.3 is 0 Å². The molecular weight excluding hydrogens is 268 g/mol. The van der Waals surface area contributed by atoms with Crippen LogP contribution in [-0.4, -0.2) is 22.5 Å². The minimum Gasteiger partial charge on any atom is -0.345 e. The molecule has 2 heterocycles. The Kier molecular flexibility index (Phi) is 3.59. The summed E-state index contributed by atoms with van der Waals surface area (Å²) in [5.41, 5.74) is 4.33. The predicted octanol–water partition coefficient (Wildman–Crippen LogP) is 1.12. The normalized spacial score (nSPS) is 14.5. The van der Waals surface area contributed by atoms with Crippen LogP contribution in [0.15, 0.2) is 41.5 Å². The number of carbonyl (C=O) groups excluding carboxylic acids is 2. The van der Waals surface area contributed by atoms with Gasteiger partial charge in [-0.2, -0.15) is 5.10 Å². The van der Waals surface area contributed by atoms with Crippen LogP contribution in [0.5, 0.6) is 0 Å². The van der Waals surface area contributed by atoms with Gasteiger partial charge in [-0.3, -0.25) is 14.6 Å². The van der Waals surface area contributed by atoms with Crippen molar-refractivity contribution in [1.29, 1.82) is 0 Å². The van der Waals surface area contributed by atoms with E-state index in [1.165, 1.54) is 0 Å². The summed E-state index contributed by atoms with van der Waals surface area (Å²) in [4.78, 5) is 27.4. The quantitative estimate of drug-likeness (QED) is 0.884. The molecule has 0 bridgehead atoms. The first-order chi connectivity index (χ1) is 10.2. The van der Waals surface area contributed by atoms with Gasteiger partial charge in [-0.1, -0.05) is 24.3 Å². The van der Waals surface area contributed by atoms with Gasteiger partial charge in [-0.15, -0.1) is 0 Å². The van der Waals surface area contributed by atoms with Gasteiger partial charge in [0.2, 0.25) is 5.91 Å². The zero-order valence-corrected chi connectivity index (χ0v) is 11.3. The van der Waals surface area contributed by atoms with Crippen LogP contribution in [0.3, 0.4) is 0 Å². The SMILES string of the molecule is O=C1CCC(C(=O)NCc2ccc3ccccc3n2)=NN1. The number of hydrazone groups is 1. The van der Waals surface area contributed by atoms with E-state index in [0.717, 1.165) is 16.6 Å². The highest BCUT2D eigenvalue weighted by molar-refractivity contribution is 6.39. The van der Waals surface area contributed by atoms with Crippen LogP contribution in [0.2, 0.25) is 0 Å². The molecule has 2 N–H and O–H groups in total. The van der Waals surface area contributed by atoms with E-state index >= 15 is 0 Å². The molecule has 6 nitrogen and oxygen atoms in total. The molecule has 0 saturated heterocycles. The summed E-state index contributed by atoms with van der Waals surface area (Å²) in [7, 11) is 0. The zero-order valence-electron chi connectivity index (χ0n) is 11.3. The Morgan fingerprint density at radius 2 is 2.05 bits per heavy atom. The highest BCUT2D eigenvalue weighted by Crippen LogP contribution is 2.11. The summed E-state index contributed by atoms with van der Waals surface area (Å²) >= 11 is 0. The summed E-state index contributed by atoms with van der Waals surface area (Å²) < 4.78 is 0. The second-order valence-electron chi connectivity index (χ2n) is 4.77. The van der Waals surface area contributed by atoms with Gasteiger partial charge in [0.15, 0.2) is 0 Å². The molecule has 6 heteroatoms. The second kappa shape index (κ2) is 5.70. The average Bonchev–Trinajstić information content (AvgIpc) is 2.53. The van der Waals surface area contributed by atoms with E-state index in [-0.39, 0.29) is 11.8 Å². The van der Waals surface area contributed by atoms with Gasteiger partial charge in [-0.25, -0.2) is 5.43 Å². The molecule has 1 aliphatic heterocycles. The lowest BCUT2D eigenvalue weighted by atomic mass is 10.1. The van der Waals surface area contributed by atoms with Gasteiger partial charge in [0, 0.05) is 18.2 Å². The number of hydrogen-bond acceptors (Lipinski definition) is 4. The van der Waals surface area contributed by atoms with Crippen molar-refractivity contribution in [2.75, 3.05) is 0 Å². The smallest absolute Gasteiger partial charge is 0.267 e. The molecule has 106 valence electrons. The van der Waals surface area contributed by atoms with Crippen LogP contribution in [0.25, 0.3) is 10.9 Å². The predicted molar refractivity (Wildman–Crippen MR) is 78.4 cm³/mol. The fraction of sp³-hybridized carbons (Fsp3) is 0.200. The van der Waals surface area contributed by atoms with Crippen molar-refractivity contribution < 1.29 is 9.59 Å². The number of amides is 2. The van der Waals surface area contributed by atoms with Crippen molar-refractivity contribution >= 4 is 28.4 Å². The third-order valence-corrected chi connectivity index (χ3v) is 3.25. The number of nitrogens with one attached hydrogen (secondary N) is 2. The monoisotopic (exact) mass is 282 g/mol. The van der Waals surface area contributed by atoms with Gasteiger partial charge < -0.3 is 5.32 Å². The topological polar surface area (TPSA) is 83.5 Å². The largest absolute Gasteiger partial charge is 0.345 e. The minimum absolute atomic E-state index is 0.164. The molecule has 0 fully saturated rings. The van der Waals surface area contributed by atoms with Gasteiger partial charge in [0.1, 0.15) is 5.71 Å². The molecule has 1 aliphatic rings. The molecule has 0 aliphatic carbocycles. The summed E-state index contributed by atoms with van der Waals surface area (Å²) in [6, 6.07) is 11.7. The lowest BCUT2D eigenvalue weighted by Crippen LogP contribution is -2.36. The summed E-state index contributed by atoms with van der Waals surface area (Å²) in [6.07, 6.45) is 0.656. The number of hydrogen-bond donors (Lipinski definition) is 2. The third-order valence-electron chi connectivity index (χ3n) is 3.25. The van der Waals surface area contributed by atoms with Crippen molar-refractivity contribution in [3.05, 3.63) is 42.1 Å². The maximum Gasteiger partial charge on any atom is 0.267 e. The first-order valence-corrected chi connectivity index (χ1v) is 6.70. The van der Waals surface area contributed by atoms with E-state index < -0.39 is 0 Å². The Morgan fingerprint density at radius 1 is 1.19 bits per heavy atom. The average molecular weight is 282 g/mol. The summed E-state index contributed by atoms with van der Waals surface area (Å²) in [6.45, 7) is 0.330. The molecule has 2 amide bonds. The minimum atomic E-state index is -0.273. The highest BCUT2D eigenvalue weighted by Gasteiger charge is 2.17. The summed E-state index contributed by atoms with van der Waals surface area (Å²) in [5.74, 6) is -0.437. The first-order valence-electron chi connectivity index (χ1n) is 6.70. The maximum absolute atomic E-state index is 11.9. The maximum atomic E-state index is 11.9. The molecule has 0 unspecified atom stereocenters. The number of para-hydroxylation sites is 1. The van der Waals surface area contributed by atoms with Crippen LogP contribution >= 0.6 is 0 Å². The van der Waals surface area contributed by atoms with E-state index in [1.807, 2.05) is 36.4 Å². The van der Waals surface area contributed by atoms with E-state index in [0.29, 0.717) is 25.1 Å². The molecule has 0 atom stereocenters. The molecular formula is C15H14N4O2. The van der Waals surface area contributed by atoms with Crippen LogP contribution < -0.4 is 10.7 Å². The lowest BCUT2D eigenvalue weighted by Gasteiger charge is -2.11. The van der Waals surface area contributed by atoms with Crippen molar-refractivity contribution in [1.82, 2.24) is 15.7 Å². The number of pyridine rings is 1. The Labute approximate surface area is 121 Å². The molecule has 1 aromatic heterocycles. The summed E-state index contributed by atoms with van der Waals surface area (Å²) in [5, 5.41) is 7.58. The lowest BCUT2D eigenvalue weighted by molar-refractivity contribution is -0.121. The van der Waals surface area contributed by atoms with Crippen molar-refractivity contribution in [3.63, 3.8) is 0 Å². The van der Waals surface area contributed by atoms with Crippen molar-refractivity contribution in [2.24, 2.45) is 5.10 Å². The Hall–Kier alpha value is -2.76. The van der Waals surface area contributed by atoms with Crippen LogP contribution in [0, 0.1) is 0 Å². The number of aromatic nitrogens is 1. The van der Waals surface area contributed by atoms with Gasteiger partial charge in [0.05, 0.1) is 17.8 Å². The molecule has 0 spiro atoms. The standard InChI is InChI=1S/C15H14N4O2/c20-14-8-7-13(18-19-14)15(21)16-9-11-6-5-10-3-1-2-4-12(10)17-11/h1-6H,7-9H2,(H,16,21)(H,19,20). The molecule has 2 aromatic rings. The second-order valence-corrected chi connectivity index (χ2v) is 4.77. The van der Waals surface area contributed by atoms with Crippen LogP contribution in [0.4, 0.5) is 0 Å². The Morgan fingerprint density at radius 3 is 2.86 bits per heavy atom. The third kappa shape index (κ3) is 3.05. The fourth-order valence-corrected chi connectivity index (χ4v) is 2.12. The van der Waals surface area contributed by atoms with Crippen LogP contribution in [-0.2, 0) is 16.1 Å². The molecule has 1 aromatic carbocycles. The number of fused-ring (bicyclic) bond motifs is 1. The highest BCUT2D eigenvalue weighted by atomic mass is 16.2. The fourth-order valence-electron chi connectivity index (χ4n) is 2.12. The molecule has 0 saturated carbocycles. The van der Waals surface area contributed by atoms with E-state index in [2.05, 4.69) is 20.8 Å².